The summed E-state index contributed by atoms with van der Waals surface area (Å²) in [5.74, 6) is -1.24. The van der Waals surface area contributed by atoms with E-state index in [1.165, 1.54) is 31.4 Å². The summed E-state index contributed by atoms with van der Waals surface area (Å²) in [5, 5.41) is 0. The Kier molecular flexibility index (Phi) is 4.83. The Bertz CT molecular complexity index is 946. The number of benzene rings is 2. The van der Waals surface area contributed by atoms with Crippen LogP contribution in [0, 0.1) is 5.82 Å². The standard InChI is InChI=1S/C17H15BrFNO4S/c1-24-17(21)13-10-12(7-8-14(13)18)25(22,23)20-9-3-5-11-4-2-6-15(19)16(11)20/h2,4,6-8,10H,3,5,9H2,1H3. The van der Waals surface area contributed by atoms with Gasteiger partial charge in [-0.1, -0.05) is 12.1 Å². The SMILES string of the molecule is COC(=O)c1cc(S(=O)(=O)N2CCCc3cccc(F)c32)ccc1Br. The number of ether oxygens (including phenoxy) is 1. The van der Waals surface area contributed by atoms with E-state index in [2.05, 4.69) is 20.7 Å². The summed E-state index contributed by atoms with van der Waals surface area (Å²) in [6.07, 6.45) is 1.21. The van der Waals surface area contributed by atoms with Crippen LogP contribution in [-0.4, -0.2) is 28.0 Å². The maximum absolute atomic E-state index is 14.3. The van der Waals surface area contributed by atoms with Gasteiger partial charge in [-0.3, -0.25) is 4.31 Å². The molecule has 0 spiro atoms. The lowest BCUT2D eigenvalue weighted by atomic mass is 10.0. The second-order valence-corrected chi connectivity index (χ2v) is 8.28. The number of sulfonamides is 1. The van der Waals surface area contributed by atoms with Crippen LogP contribution in [0.5, 0.6) is 0 Å². The molecule has 1 aliphatic rings. The van der Waals surface area contributed by atoms with E-state index in [0.717, 1.165) is 4.31 Å². The highest BCUT2D eigenvalue weighted by Crippen LogP contribution is 2.35. The zero-order valence-corrected chi connectivity index (χ0v) is 15.7. The molecule has 0 saturated heterocycles. The number of hydrogen-bond acceptors (Lipinski definition) is 4. The first-order valence-electron chi connectivity index (χ1n) is 7.54. The van der Waals surface area contributed by atoms with Gasteiger partial charge in [0.25, 0.3) is 10.0 Å². The summed E-state index contributed by atoms with van der Waals surface area (Å²) in [5.41, 5.74) is 0.825. The van der Waals surface area contributed by atoms with Gasteiger partial charge in [0.05, 0.1) is 23.3 Å². The van der Waals surface area contributed by atoms with Gasteiger partial charge in [-0.25, -0.2) is 17.6 Å². The second-order valence-electron chi connectivity index (χ2n) is 5.56. The molecule has 0 radical (unpaired) electrons. The topological polar surface area (TPSA) is 63.7 Å². The van der Waals surface area contributed by atoms with Crippen LogP contribution in [0.3, 0.4) is 0 Å². The molecule has 25 heavy (non-hydrogen) atoms. The molecule has 5 nitrogen and oxygen atoms in total. The molecule has 132 valence electrons. The number of anilines is 1. The van der Waals surface area contributed by atoms with Gasteiger partial charge in [-0.05, 0) is 58.6 Å². The lowest BCUT2D eigenvalue weighted by molar-refractivity contribution is 0.0599. The molecule has 8 heteroatoms. The zero-order chi connectivity index (χ0) is 18.2. The first-order valence-corrected chi connectivity index (χ1v) is 9.77. The smallest absolute Gasteiger partial charge is 0.339 e. The quantitative estimate of drug-likeness (QED) is 0.702. The van der Waals surface area contributed by atoms with Crippen LogP contribution >= 0.6 is 15.9 Å². The molecule has 1 heterocycles. The molecule has 3 rings (SSSR count). The van der Waals surface area contributed by atoms with Crippen molar-refractivity contribution in [3.8, 4) is 0 Å². The number of carbonyl (C=O) groups is 1. The first-order chi connectivity index (χ1) is 11.9. The number of aryl methyl sites for hydroxylation is 1. The number of para-hydroxylation sites is 1. The minimum atomic E-state index is -4.01. The van der Waals surface area contributed by atoms with Crippen LogP contribution < -0.4 is 4.31 Å². The maximum Gasteiger partial charge on any atom is 0.339 e. The molecule has 0 N–H and O–H groups in total. The van der Waals surface area contributed by atoms with Crippen molar-refractivity contribution in [2.45, 2.75) is 17.7 Å². The largest absolute Gasteiger partial charge is 0.465 e. The van der Waals surface area contributed by atoms with Gasteiger partial charge in [0.15, 0.2) is 0 Å². The number of esters is 1. The summed E-state index contributed by atoms with van der Waals surface area (Å²) in [4.78, 5) is 11.7. The second kappa shape index (κ2) is 6.76. The van der Waals surface area contributed by atoms with E-state index in [9.17, 15) is 17.6 Å². The number of hydrogen-bond donors (Lipinski definition) is 0. The Morgan fingerprint density at radius 2 is 2.04 bits per heavy atom. The fraction of sp³-hybridized carbons (Fsp3) is 0.235. The summed E-state index contributed by atoms with van der Waals surface area (Å²) in [6, 6.07) is 8.61. The van der Waals surface area contributed by atoms with Crippen molar-refractivity contribution < 1.29 is 22.3 Å². The number of methoxy groups -OCH3 is 1. The van der Waals surface area contributed by atoms with Crippen LogP contribution in [0.2, 0.25) is 0 Å². The minimum absolute atomic E-state index is 0.0799. The highest BCUT2D eigenvalue weighted by molar-refractivity contribution is 9.10. The lowest BCUT2D eigenvalue weighted by Crippen LogP contribution is -2.36. The average molecular weight is 428 g/mol. The Morgan fingerprint density at radius 1 is 1.28 bits per heavy atom. The predicted octanol–water partition coefficient (Wildman–Crippen LogP) is 3.52. The molecule has 0 saturated carbocycles. The fourth-order valence-electron chi connectivity index (χ4n) is 2.86. The Morgan fingerprint density at radius 3 is 2.76 bits per heavy atom. The van der Waals surface area contributed by atoms with E-state index in [4.69, 9.17) is 0 Å². The van der Waals surface area contributed by atoms with Crippen molar-refractivity contribution in [1.82, 2.24) is 0 Å². The highest BCUT2D eigenvalue weighted by Gasteiger charge is 2.32. The Labute approximate surface area is 153 Å². The van der Waals surface area contributed by atoms with E-state index in [1.807, 2.05) is 0 Å². The van der Waals surface area contributed by atoms with Gasteiger partial charge < -0.3 is 4.74 Å². The molecule has 0 bridgehead atoms. The zero-order valence-electron chi connectivity index (χ0n) is 13.3. The van der Waals surface area contributed by atoms with Gasteiger partial charge in [0.1, 0.15) is 5.82 Å². The predicted molar refractivity (Wildman–Crippen MR) is 94.7 cm³/mol. The van der Waals surface area contributed by atoms with Crippen molar-refractivity contribution in [3.05, 3.63) is 57.8 Å². The maximum atomic E-state index is 14.3. The van der Waals surface area contributed by atoms with Gasteiger partial charge in [-0.2, -0.15) is 0 Å². The molecule has 2 aromatic rings. The summed E-state index contributed by atoms with van der Waals surface area (Å²) >= 11 is 3.20. The summed E-state index contributed by atoms with van der Waals surface area (Å²) < 4.78 is 46.6. The molecule has 0 fully saturated rings. The molecule has 0 aromatic heterocycles. The number of nitrogens with zero attached hydrogens (tertiary/aromatic N) is 1. The Balaban J connectivity index is 2.12. The van der Waals surface area contributed by atoms with E-state index in [0.29, 0.717) is 22.9 Å². The van der Waals surface area contributed by atoms with Crippen LogP contribution in [-0.2, 0) is 21.2 Å². The fourth-order valence-corrected chi connectivity index (χ4v) is 4.85. The van der Waals surface area contributed by atoms with Gasteiger partial charge >= 0.3 is 5.97 Å². The van der Waals surface area contributed by atoms with E-state index >= 15 is 0 Å². The van der Waals surface area contributed by atoms with Crippen molar-refractivity contribution in [3.63, 3.8) is 0 Å². The average Bonchev–Trinajstić information content (AvgIpc) is 2.61. The van der Waals surface area contributed by atoms with Crippen LogP contribution in [0.1, 0.15) is 22.3 Å². The molecule has 0 unspecified atom stereocenters. The number of carbonyl (C=O) groups excluding carboxylic acids is 1. The number of fused-ring (bicyclic) bond motifs is 1. The molecular weight excluding hydrogens is 413 g/mol. The van der Waals surface area contributed by atoms with Crippen molar-refractivity contribution in [1.29, 1.82) is 0 Å². The van der Waals surface area contributed by atoms with Crippen LogP contribution in [0.15, 0.2) is 45.8 Å². The third-order valence-corrected chi connectivity index (χ3v) is 6.54. The summed E-state index contributed by atoms with van der Waals surface area (Å²) in [7, 11) is -2.80. The Hall–Kier alpha value is -1.93. The molecular formula is C17H15BrFNO4S. The van der Waals surface area contributed by atoms with Gasteiger partial charge in [0, 0.05) is 11.0 Å². The molecule has 0 aliphatic carbocycles. The third kappa shape index (κ3) is 3.16. The molecule has 0 atom stereocenters. The van der Waals surface area contributed by atoms with Crippen molar-refractivity contribution in [2.24, 2.45) is 0 Å². The van der Waals surface area contributed by atoms with E-state index in [-0.39, 0.29) is 22.7 Å². The van der Waals surface area contributed by atoms with Crippen molar-refractivity contribution >= 4 is 37.6 Å². The van der Waals surface area contributed by atoms with Crippen molar-refractivity contribution in [2.75, 3.05) is 18.0 Å². The lowest BCUT2D eigenvalue weighted by Gasteiger charge is -2.30. The number of rotatable bonds is 3. The summed E-state index contributed by atoms with van der Waals surface area (Å²) in [6.45, 7) is 0.180. The monoisotopic (exact) mass is 427 g/mol. The highest BCUT2D eigenvalue weighted by atomic mass is 79.9. The van der Waals surface area contributed by atoms with Gasteiger partial charge in [0.2, 0.25) is 0 Å². The molecule has 1 aliphatic heterocycles. The molecule has 0 amide bonds. The normalized spacial score (nSPS) is 14.1. The number of halogens is 2. The van der Waals surface area contributed by atoms with Crippen LogP contribution in [0.4, 0.5) is 10.1 Å². The van der Waals surface area contributed by atoms with Gasteiger partial charge in [-0.15, -0.1) is 0 Å². The first kappa shape index (κ1) is 17.9. The minimum Gasteiger partial charge on any atom is -0.465 e. The third-order valence-electron chi connectivity index (χ3n) is 4.06. The van der Waals surface area contributed by atoms with E-state index < -0.39 is 21.8 Å². The molecule has 2 aromatic carbocycles. The van der Waals surface area contributed by atoms with E-state index in [1.54, 1.807) is 12.1 Å². The van der Waals surface area contributed by atoms with Crippen LogP contribution in [0.25, 0.3) is 0 Å².